The average Bonchev–Trinajstić information content (AvgIpc) is 1.05. The van der Waals surface area contributed by atoms with Crippen molar-refractivity contribution in [2.45, 2.75) is 81.7 Å². The normalized spacial score (nSPS) is 9.70. The number of anilines is 9. The van der Waals surface area contributed by atoms with Crippen LogP contribution in [0.1, 0.15) is 127 Å². The summed E-state index contributed by atoms with van der Waals surface area (Å²) in [5, 5.41) is 57.2. The van der Waals surface area contributed by atoms with Crippen molar-refractivity contribution >= 4 is 146 Å². The van der Waals surface area contributed by atoms with Crippen LogP contribution in [0.25, 0.3) is 0 Å². The third kappa shape index (κ3) is 38.9. The molecule has 0 aliphatic heterocycles. The number of nitriles is 1. The number of ketones is 1. The van der Waals surface area contributed by atoms with Crippen LogP contribution >= 0.6 is 46.4 Å². The van der Waals surface area contributed by atoms with Crippen LogP contribution in [0.2, 0.25) is 21.0 Å². The van der Waals surface area contributed by atoms with Crippen LogP contribution in [-0.2, 0) is 91.8 Å². The first-order valence-electron chi connectivity index (χ1n) is 35.4. The van der Waals surface area contributed by atoms with Gasteiger partial charge in [0.05, 0.1) is 55.3 Å². The summed E-state index contributed by atoms with van der Waals surface area (Å²) in [4.78, 5) is 127. The average molecular weight is 1780 g/mol. The Morgan fingerprint density at radius 1 is 0.484 bits per heavy atom. The second kappa shape index (κ2) is 54.9. The quantitative estimate of drug-likeness (QED) is 0.00911. The maximum Gasteiger partial charge on any atom is 1.00 e. The number of nitrogen functional groups attached to an aromatic ring is 1. The summed E-state index contributed by atoms with van der Waals surface area (Å²) in [5.41, 5.74) is 29.8. The van der Waals surface area contributed by atoms with Crippen molar-refractivity contribution in [1.29, 1.82) is 5.26 Å². The van der Waals surface area contributed by atoms with Gasteiger partial charge in [0.1, 0.15) is 57.0 Å². The van der Waals surface area contributed by atoms with Crippen molar-refractivity contribution in [3.63, 3.8) is 0 Å². The number of halogens is 4. The molecule has 0 unspecified atom stereocenters. The maximum absolute atomic E-state index is 11.8. The standard InChI is InChI=1S/C18H20N8O2.C12H14ClN5O2.C11H14N6O.C10H10ClN5O2.C8H10N2O.C7H6Cl2N2O2.C5H9N3.C3H3NO.CH4.Li.H2O/c1-11(27)23-13-4-3-5-14(6-13)24-18-21-9-15(16(19)28)17(25-18)20-7-12-8-22-26(2)10-12;1-3-20-11(19)9-6-15-12(13)17-10(9)14-4-8-5-16-18(2)7-8;1-7-13-5-9(10(12)18)11(16-7)14-3-8-4-15-17(2)6-8;1-16-5-6(3-14-16)2-12-8-7(9(17)18)4-13-10(11)15-8;1-6(11)10-8-4-2-3-7(9)5-8;1-2-13-6(12)4-3-10-7(9)11-5(4)8;1-8-4-5(2-6)3-7-8;1-3(5)2-4;;;/h3-6,8-10H,7H2,1-2H3,(H2,19,28)(H,23,27)(H2,20,21,24,25);5-7H,3-4H2,1-2H3,(H,14,15,17);4-6H,3H2,1-2H3,(H2,12,18)(H,13,14,16);3-5H,2H2,1H3,(H,17,18)(H,12,13,15);2-5H,9H2,1H3,(H,10,11);3H,2H2,1H3;3-4H,2,6H2,1H3;1H3;1H4;;1H2/q;;;;;;;;;+1;/p-1. The van der Waals surface area contributed by atoms with E-state index in [0.29, 0.717) is 73.1 Å². The van der Waals surface area contributed by atoms with Crippen LogP contribution in [0.5, 0.6) is 0 Å². The van der Waals surface area contributed by atoms with Gasteiger partial charge >= 0.3 is 36.8 Å². The number of nitrogens with zero attached hydrogens (tertiary/aromatic N) is 21. The molecule has 10 heterocycles. The number of aryl methyl sites for hydroxylation is 6. The fraction of sp³-hybridized carbons (Fsp3) is 0.253. The molecule has 2 aromatic carbocycles. The molecule has 17 N–H and O–H groups in total. The van der Waals surface area contributed by atoms with Crippen LogP contribution in [-0.4, -0.2) is 170 Å². The number of hydrogen-bond donors (Lipinski definition) is 12. The Morgan fingerprint density at radius 3 is 1.19 bits per heavy atom. The van der Waals surface area contributed by atoms with E-state index in [2.05, 4.69) is 113 Å². The van der Waals surface area contributed by atoms with E-state index in [9.17, 15) is 38.4 Å². The molecule has 0 bridgehead atoms. The molecule has 12 aromatic rings. The number of hydrogen-bond acceptors (Lipinski definition) is 34. The molecular formula is C75H91Cl4LiN32O12. The molecule has 0 fully saturated rings. The van der Waals surface area contributed by atoms with Crippen LogP contribution in [0.3, 0.4) is 0 Å². The molecule has 0 saturated carbocycles. The van der Waals surface area contributed by atoms with Gasteiger partial charge in [0.25, 0.3) is 11.8 Å². The van der Waals surface area contributed by atoms with E-state index in [4.69, 9.17) is 89.2 Å². The molecule has 0 spiro atoms. The zero-order valence-corrected chi connectivity index (χ0v) is 71.4. The Morgan fingerprint density at radius 2 is 0.831 bits per heavy atom. The first-order chi connectivity index (χ1) is 57.5. The number of carbonyl (C=O) groups excluding carboxylic acids is 7. The fourth-order valence-electron chi connectivity index (χ4n) is 9.13. The van der Waals surface area contributed by atoms with Gasteiger partial charge in [-0.2, -0.15) is 45.7 Å². The Labute approximate surface area is 742 Å². The van der Waals surface area contributed by atoms with Crippen LogP contribution < -0.4 is 79.0 Å². The van der Waals surface area contributed by atoms with Gasteiger partial charge in [-0.3, -0.25) is 47.4 Å². The van der Waals surface area contributed by atoms with E-state index in [-0.39, 0.29) is 117 Å². The van der Waals surface area contributed by atoms with Crippen LogP contribution in [0, 0.1) is 18.3 Å². The Hall–Kier alpha value is -14.2. The Balaban J connectivity index is 0.000000496. The third-order valence-electron chi connectivity index (χ3n) is 14.4. The monoisotopic (exact) mass is 1780 g/mol. The number of ether oxygens (including phenoxy) is 2. The van der Waals surface area contributed by atoms with Crippen molar-refractivity contribution in [2.75, 3.05) is 56.2 Å². The first kappa shape index (κ1) is 106. The SMILES string of the molecule is C.CC(=O)C#N.CC(=O)Nc1cccc(N)c1.CC(=O)Nc1cccc(Nc2ncc(C(N)=O)c(NCc3cnn(C)c3)n2)c1.CCOC(=O)c1cnc(Cl)nc1Cl.CCOC(=O)c1cnc(Cl)nc1NCc1cnn(C)c1.Cc1ncc(C(N)=O)c(NCc2cnn(C)c2)n1.Cn1cc(CN)cn1.Cn1cc(CNc2nc(Cl)ncc2C(=O)O)cn1.[Li+].[OH-]. The zero-order valence-electron chi connectivity index (χ0n) is 68.4. The maximum atomic E-state index is 11.8. The number of primary amides is 2. The minimum Gasteiger partial charge on any atom is -0.870 e. The molecule has 0 aliphatic rings. The molecule has 4 amide bonds. The number of nitrogens with two attached hydrogens (primary N) is 4. The van der Waals surface area contributed by atoms with Crippen molar-refractivity contribution in [2.24, 2.45) is 52.4 Å². The predicted octanol–water partition coefficient (Wildman–Crippen LogP) is 5.31. The molecule has 0 aliphatic carbocycles. The van der Waals surface area contributed by atoms with Gasteiger partial charge in [-0.1, -0.05) is 31.2 Å². The van der Waals surface area contributed by atoms with Crippen molar-refractivity contribution in [3.8, 4) is 6.07 Å². The Kier molecular flexibility index (Phi) is 46.9. The fourth-order valence-corrected chi connectivity index (χ4v) is 9.78. The summed E-state index contributed by atoms with van der Waals surface area (Å²) in [6, 6.07) is 15.6. The van der Waals surface area contributed by atoms with Crippen molar-refractivity contribution < 1.29 is 77.3 Å². The number of nitrogens with one attached hydrogen (secondary N) is 7. The molecule has 49 heteroatoms. The van der Waals surface area contributed by atoms with E-state index < -0.39 is 35.5 Å². The number of esters is 2. The first-order valence-corrected chi connectivity index (χ1v) is 36.9. The summed E-state index contributed by atoms with van der Waals surface area (Å²) < 4.78 is 18.1. The van der Waals surface area contributed by atoms with E-state index >= 15 is 0 Å². The van der Waals surface area contributed by atoms with E-state index in [1.165, 1.54) is 57.8 Å². The van der Waals surface area contributed by atoms with Gasteiger partial charge in [0, 0.05) is 201 Å². The smallest absolute Gasteiger partial charge is 0.870 e. The summed E-state index contributed by atoms with van der Waals surface area (Å²) in [6.45, 7) is 12.2. The van der Waals surface area contributed by atoms with Gasteiger partial charge in [-0.25, -0.2) is 49.3 Å². The summed E-state index contributed by atoms with van der Waals surface area (Å²) in [6.07, 6.45) is 24.5. The molecule has 44 nitrogen and oxygen atoms in total. The van der Waals surface area contributed by atoms with Crippen molar-refractivity contribution in [3.05, 3.63) is 224 Å². The summed E-state index contributed by atoms with van der Waals surface area (Å²) >= 11 is 22.5. The number of carbonyl (C=O) groups is 8. The molecule has 0 atom stereocenters. The molecule has 12 rings (SSSR count). The van der Waals surface area contributed by atoms with E-state index in [0.717, 1.165) is 33.5 Å². The largest absolute Gasteiger partial charge is 1.00 e. The minimum absolute atomic E-state index is 0. The second-order valence-electron chi connectivity index (χ2n) is 24.3. The van der Waals surface area contributed by atoms with Gasteiger partial charge in [-0.05, 0) is 92.0 Å². The van der Waals surface area contributed by atoms with E-state index in [1.54, 1.807) is 131 Å². The minimum atomic E-state index is -1.11. The molecule has 0 saturated heterocycles. The van der Waals surface area contributed by atoms with E-state index in [1.807, 2.05) is 59.2 Å². The number of carboxylic acids is 1. The topological polar surface area (TPSA) is 635 Å². The van der Waals surface area contributed by atoms with Crippen LogP contribution in [0.4, 0.5) is 52.0 Å². The summed E-state index contributed by atoms with van der Waals surface area (Å²) in [7, 11) is 9.16. The van der Waals surface area contributed by atoms with Gasteiger partial charge in [0.15, 0.2) is 0 Å². The number of benzene rings is 2. The predicted molar refractivity (Wildman–Crippen MR) is 458 cm³/mol. The van der Waals surface area contributed by atoms with Gasteiger partial charge in [-0.15, -0.1) is 0 Å². The summed E-state index contributed by atoms with van der Waals surface area (Å²) in [5.74, 6) is -1.89. The van der Waals surface area contributed by atoms with Gasteiger partial charge in [0.2, 0.25) is 39.4 Å². The molecule has 0 radical (unpaired) electrons. The molecular weight excluding hydrogens is 1690 g/mol. The number of Topliss-reactive ketones (excluding diaryl/α,β-unsaturated/α-hetero) is 1. The molecule has 10 aromatic heterocycles. The number of aromatic nitrogens is 20. The molecule has 124 heavy (non-hydrogen) atoms. The number of amides is 4. The number of aromatic carboxylic acids is 1. The zero-order chi connectivity index (χ0) is 89.3. The van der Waals surface area contributed by atoms with Gasteiger partial charge < -0.3 is 80.2 Å². The second-order valence-corrected chi connectivity index (χ2v) is 25.7. The van der Waals surface area contributed by atoms with Crippen molar-refractivity contribution in [1.82, 2.24) is 98.7 Å². The number of rotatable bonds is 24. The molecule has 652 valence electrons. The number of carboxylic acid groups (broad SMARTS) is 1. The third-order valence-corrected chi connectivity index (χ3v) is 15.2. The Bertz CT molecular complexity index is 5430. The van der Waals surface area contributed by atoms with Crippen LogP contribution in [0.15, 0.2) is 141 Å².